The average molecular weight is 425 g/mol. The first-order valence-corrected chi connectivity index (χ1v) is 11.5. The molecule has 4 rings (SSSR count). The van der Waals surface area contributed by atoms with Crippen molar-refractivity contribution >= 4 is 27.0 Å². The number of carbonyl (C=O) groups excluding carboxylic acids is 1. The van der Waals surface area contributed by atoms with Crippen molar-refractivity contribution in [2.24, 2.45) is 0 Å². The van der Waals surface area contributed by atoms with E-state index in [4.69, 9.17) is 0 Å². The van der Waals surface area contributed by atoms with E-state index in [-0.39, 0.29) is 11.7 Å². The molecule has 156 valence electrons. The molecule has 0 unspecified atom stereocenters. The van der Waals surface area contributed by atoms with Crippen LogP contribution in [0.15, 0.2) is 48.5 Å². The van der Waals surface area contributed by atoms with Crippen molar-refractivity contribution in [1.29, 1.82) is 0 Å². The van der Waals surface area contributed by atoms with E-state index in [0.29, 0.717) is 37.3 Å². The number of amides is 1. The van der Waals surface area contributed by atoms with Crippen LogP contribution in [0, 0.1) is 13.8 Å². The molecule has 2 aromatic carbocycles. The molecule has 30 heavy (non-hydrogen) atoms. The zero-order valence-corrected chi connectivity index (χ0v) is 17.9. The van der Waals surface area contributed by atoms with Gasteiger partial charge < -0.3 is 4.90 Å². The molecule has 0 aliphatic carbocycles. The van der Waals surface area contributed by atoms with E-state index >= 15 is 0 Å². The number of piperazine rings is 1. The number of benzene rings is 2. The van der Waals surface area contributed by atoms with Gasteiger partial charge >= 0.3 is 0 Å². The minimum absolute atomic E-state index is 0.0239. The van der Waals surface area contributed by atoms with Gasteiger partial charge in [-0.15, -0.1) is 0 Å². The van der Waals surface area contributed by atoms with Gasteiger partial charge in [-0.2, -0.15) is 4.31 Å². The molecule has 1 fully saturated rings. The monoisotopic (exact) mass is 424 g/mol. The molecule has 0 N–H and O–H groups in total. The molecule has 1 aliphatic rings. The van der Waals surface area contributed by atoms with Gasteiger partial charge in [0.1, 0.15) is 0 Å². The summed E-state index contributed by atoms with van der Waals surface area (Å²) in [6, 6.07) is 14.5. The molecule has 0 radical (unpaired) electrons. The average Bonchev–Trinajstić information content (AvgIpc) is 2.74. The fraction of sp³-hybridized carbons (Fsp3) is 0.318. The number of nitrogens with zero attached hydrogens (tertiary/aromatic N) is 4. The summed E-state index contributed by atoms with van der Waals surface area (Å²) in [4.78, 5) is 23.7. The van der Waals surface area contributed by atoms with Crippen molar-refractivity contribution in [3.63, 3.8) is 0 Å². The van der Waals surface area contributed by atoms with E-state index in [1.807, 2.05) is 50.2 Å². The first kappa shape index (κ1) is 20.4. The third-order valence-electron chi connectivity index (χ3n) is 5.43. The lowest BCUT2D eigenvalue weighted by Gasteiger charge is -2.34. The van der Waals surface area contributed by atoms with Crippen molar-refractivity contribution < 1.29 is 13.2 Å². The van der Waals surface area contributed by atoms with Crippen molar-refractivity contribution in [2.75, 3.05) is 26.2 Å². The van der Waals surface area contributed by atoms with Crippen LogP contribution in [0.4, 0.5) is 0 Å². The van der Waals surface area contributed by atoms with Crippen LogP contribution in [0.1, 0.15) is 27.3 Å². The van der Waals surface area contributed by atoms with Crippen LogP contribution < -0.4 is 0 Å². The topological polar surface area (TPSA) is 83.5 Å². The predicted octanol–water partition coefficient (Wildman–Crippen LogP) is 2.53. The van der Waals surface area contributed by atoms with Crippen LogP contribution in [-0.4, -0.2) is 59.7 Å². The van der Waals surface area contributed by atoms with Crippen molar-refractivity contribution in [3.05, 3.63) is 71.0 Å². The Bertz CT molecular complexity index is 1190. The molecule has 7 nitrogen and oxygen atoms in total. The first-order valence-electron chi connectivity index (χ1n) is 9.89. The van der Waals surface area contributed by atoms with Gasteiger partial charge in [0.25, 0.3) is 5.91 Å². The second kappa shape index (κ2) is 8.12. The Hall–Kier alpha value is -2.84. The highest BCUT2D eigenvalue weighted by molar-refractivity contribution is 7.88. The van der Waals surface area contributed by atoms with Crippen LogP contribution in [0.5, 0.6) is 0 Å². The summed E-state index contributed by atoms with van der Waals surface area (Å²) in [5.74, 6) is -0.138. The van der Waals surface area contributed by atoms with Gasteiger partial charge in [0.05, 0.1) is 28.2 Å². The standard InChI is InChI=1S/C22H24N4O3S/c1-16-17(2)24-21-14-19(8-9-20(21)23-16)22(27)25-10-12-26(13-11-25)30(28,29)15-18-6-4-3-5-7-18/h3-9,14H,10-13,15H2,1-2H3. The van der Waals surface area contributed by atoms with Crippen LogP contribution in [0.25, 0.3) is 11.0 Å². The summed E-state index contributed by atoms with van der Waals surface area (Å²) in [6.45, 7) is 5.13. The number of aromatic nitrogens is 2. The summed E-state index contributed by atoms with van der Waals surface area (Å²) >= 11 is 0. The van der Waals surface area contributed by atoms with Gasteiger partial charge in [0.2, 0.25) is 10.0 Å². The molecule has 3 aromatic rings. The number of aryl methyl sites for hydroxylation is 2. The molecule has 1 aromatic heterocycles. The summed E-state index contributed by atoms with van der Waals surface area (Å²) in [5, 5.41) is 0. The van der Waals surface area contributed by atoms with Crippen molar-refractivity contribution in [1.82, 2.24) is 19.2 Å². The summed E-state index contributed by atoms with van der Waals surface area (Å²) in [5.41, 5.74) is 4.46. The van der Waals surface area contributed by atoms with Gasteiger partial charge in [-0.05, 0) is 37.6 Å². The van der Waals surface area contributed by atoms with E-state index in [1.165, 1.54) is 4.31 Å². The van der Waals surface area contributed by atoms with Gasteiger partial charge in [-0.3, -0.25) is 4.79 Å². The lowest BCUT2D eigenvalue weighted by Crippen LogP contribution is -2.50. The summed E-state index contributed by atoms with van der Waals surface area (Å²) in [6.07, 6.45) is 0. The Kier molecular flexibility index (Phi) is 5.53. The maximum Gasteiger partial charge on any atom is 0.254 e. The molecule has 0 atom stereocenters. The Balaban J connectivity index is 1.44. The molecular formula is C22H24N4O3S. The smallest absolute Gasteiger partial charge is 0.254 e. The summed E-state index contributed by atoms with van der Waals surface area (Å²) in [7, 11) is -3.41. The number of hydrogen-bond donors (Lipinski definition) is 0. The van der Waals surface area contributed by atoms with E-state index in [9.17, 15) is 13.2 Å². The lowest BCUT2D eigenvalue weighted by molar-refractivity contribution is 0.0698. The highest BCUT2D eigenvalue weighted by Gasteiger charge is 2.29. The molecule has 1 amide bonds. The van der Waals surface area contributed by atoms with Crippen LogP contribution in [0.3, 0.4) is 0 Å². The third kappa shape index (κ3) is 4.20. The number of hydrogen-bond acceptors (Lipinski definition) is 5. The number of carbonyl (C=O) groups is 1. The van der Waals surface area contributed by atoms with E-state index in [0.717, 1.165) is 22.5 Å². The zero-order chi connectivity index (χ0) is 21.3. The maximum absolute atomic E-state index is 13.0. The van der Waals surface area contributed by atoms with Gasteiger partial charge in [-0.25, -0.2) is 18.4 Å². The lowest BCUT2D eigenvalue weighted by atomic mass is 10.1. The second-order valence-electron chi connectivity index (χ2n) is 7.53. The van der Waals surface area contributed by atoms with Crippen LogP contribution >= 0.6 is 0 Å². The van der Waals surface area contributed by atoms with Crippen molar-refractivity contribution in [3.8, 4) is 0 Å². The van der Waals surface area contributed by atoms with Crippen LogP contribution in [-0.2, 0) is 15.8 Å². The largest absolute Gasteiger partial charge is 0.336 e. The Morgan fingerprint density at radius 2 is 1.53 bits per heavy atom. The highest BCUT2D eigenvalue weighted by atomic mass is 32.2. The fourth-order valence-corrected chi connectivity index (χ4v) is 5.11. The predicted molar refractivity (Wildman–Crippen MR) is 116 cm³/mol. The van der Waals surface area contributed by atoms with E-state index < -0.39 is 10.0 Å². The normalized spacial score (nSPS) is 15.5. The fourth-order valence-electron chi connectivity index (χ4n) is 3.59. The second-order valence-corrected chi connectivity index (χ2v) is 9.50. The number of sulfonamides is 1. The summed E-state index contributed by atoms with van der Waals surface area (Å²) < 4.78 is 26.9. The Morgan fingerprint density at radius 3 is 2.20 bits per heavy atom. The van der Waals surface area contributed by atoms with Gasteiger partial charge in [0, 0.05) is 31.7 Å². The van der Waals surface area contributed by atoms with E-state index in [1.54, 1.807) is 17.0 Å². The van der Waals surface area contributed by atoms with E-state index in [2.05, 4.69) is 9.97 Å². The molecular weight excluding hydrogens is 400 g/mol. The van der Waals surface area contributed by atoms with Crippen LogP contribution in [0.2, 0.25) is 0 Å². The Labute approximate surface area is 176 Å². The molecule has 8 heteroatoms. The quantitative estimate of drug-likeness (QED) is 0.643. The molecule has 1 aliphatic heterocycles. The molecule has 0 spiro atoms. The molecule has 0 saturated carbocycles. The van der Waals surface area contributed by atoms with Crippen molar-refractivity contribution in [2.45, 2.75) is 19.6 Å². The van der Waals surface area contributed by atoms with Gasteiger partial charge in [0.15, 0.2) is 0 Å². The molecule has 1 saturated heterocycles. The maximum atomic E-state index is 13.0. The highest BCUT2D eigenvalue weighted by Crippen LogP contribution is 2.18. The first-order chi connectivity index (χ1) is 14.3. The molecule has 0 bridgehead atoms. The minimum atomic E-state index is -3.41. The Morgan fingerprint density at radius 1 is 0.900 bits per heavy atom. The zero-order valence-electron chi connectivity index (χ0n) is 17.1. The minimum Gasteiger partial charge on any atom is -0.336 e. The number of fused-ring (bicyclic) bond motifs is 1. The third-order valence-corrected chi connectivity index (χ3v) is 7.28. The van der Waals surface area contributed by atoms with Gasteiger partial charge in [-0.1, -0.05) is 30.3 Å². The SMILES string of the molecule is Cc1nc2ccc(C(=O)N3CCN(S(=O)(=O)Cc4ccccc4)CC3)cc2nc1C. The molecule has 2 heterocycles. The number of rotatable bonds is 4.